The molecule has 0 saturated carbocycles. The number of benzene rings is 1. The Morgan fingerprint density at radius 2 is 2.18 bits per heavy atom. The van der Waals surface area contributed by atoms with Crippen molar-refractivity contribution >= 4 is 11.6 Å². The van der Waals surface area contributed by atoms with Gasteiger partial charge in [-0.3, -0.25) is 4.68 Å². The van der Waals surface area contributed by atoms with Crippen LogP contribution in [-0.4, -0.2) is 9.78 Å². The zero-order valence-electron chi connectivity index (χ0n) is 9.98. The summed E-state index contributed by atoms with van der Waals surface area (Å²) in [5.41, 5.74) is 2.24. The first-order valence-electron chi connectivity index (χ1n) is 5.57. The topological polar surface area (TPSA) is 27.1 Å². The normalized spacial score (nSPS) is 10.5. The van der Waals surface area contributed by atoms with Crippen molar-refractivity contribution in [1.29, 1.82) is 0 Å². The van der Waals surface area contributed by atoms with Crippen LogP contribution in [0.3, 0.4) is 0 Å². The van der Waals surface area contributed by atoms with Crippen LogP contribution in [0.5, 0.6) is 5.75 Å². The lowest BCUT2D eigenvalue weighted by atomic mass is 10.2. The van der Waals surface area contributed by atoms with Gasteiger partial charge in [-0.2, -0.15) is 5.10 Å². The molecular weight excluding hydrogens is 236 g/mol. The predicted octanol–water partition coefficient (Wildman–Crippen LogP) is 3.21. The second-order valence-electron chi connectivity index (χ2n) is 3.93. The van der Waals surface area contributed by atoms with Crippen LogP contribution in [0, 0.1) is 0 Å². The van der Waals surface area contributed by atoms with Crippen LogP contribution < -0.4 is 4.74 Å². The van der Waals surface area contributed by atoms with E-state index in [1.165, 1.54) is 5.56 Å². The standard InChI is InChI=1S/C13H15ClN2O/c1-3-10-4-5-13(12(14)6-10)17-9-11-7-15-16(2)8-11/h4-8H,3,9H2,1-2H3. The highest BCUT2D eigenvalue weighted by atomic mass is 35.5. The fourth-order valence-corrected chi connectivity index (χ4v) is 1.85. The van der Waals surface area contributed by atoms with Crippen LogP contribution in [0.15, 0.2) is 30.6 Å². The Morgan fingerprint density at radius 1 is 1.35 bits per heavy atom. The smallest absolute Gasteiger partial charge is 0.138 e. The third kappa shape index (κ3) is 3.01. The van der Waals surface area contributed by atoms with Crippen molar-refractivity contribution in [3.8, 4) is 5.75 Å². The number of aromatic nitrogens is 2. The quantitative estimate of drug-likeness (QED) is 0.833. The van der Waals surface area contributed by atoms with Crippen LogP contribution >= 0.6 is 11.6 Å². The third-order valence-corrected chi connectivity index (χ3v) is 2.85. The van der Waals surface area contributed by atoms with E-state index >= 15 is 0 Å². The maximum absolute atomic E-state index is 6.13. The van der Waals surface area contributed by atoms with E-state index in [4.69, 9.17) is 16.3 Å². The van der Waals surface area contributed by atoms with Crippen molar-refractivity contribution < 1.29 is 4.74 Å². The Morgan fingerprint density at radius 3 is 2.76 bits per heavy atom. The fourth-order valence-electron chi connectivity index (χ4n) is 1.59. The summed E-state index contributed by atoms with van der Waals surface area (Å²) < 4.78 is 7.40. The van der Waals surface area contributed by atoms with Crippen molar-refractivity contribution in [2.24, 2.45) is 7.05 Å². The molecule has 2 rings (SSSR count). The first-order chi connectivity index (χ1) is 8.19. The first-order valence-corrected chi connectivity index (χ1v) is 5.95. The van der Waals surface area contributed by atoms with E-state index in [1.807, 2.05) is 31.4 Å². The Kier molecular flexibility index (Phi) is 3.69. The molecule has 90 valence electrons. The molecule has 0 aliphatic carbocycles. The Balaban J connectivity index is 2.04. The van der Waals surface area contributed by atoms with E-state index < -0.39 is 0 Å². The molecule has 1 aromatic heterocycles. The van der Waals surface area contributed by atoms with Crippen LogP contribution in [0.2, 0.25) is 5.02 Å². The van der Waals surface area contributed by atoms with Crippen molar-refractivity contribution in [2.75, 3.05) is 0 Å². The molecule has 17 heavy (non-hydrogen) atoms. The monoisotopic (exact) mass is 250 g/mol. The van der Waals surface area contributed by atoms with Gasteiger partial charge in [-0.25, -0.2) is 0 Å². The summed E-state index contributed by atoms with van der Waals surface area (Å²) >= 11 is 6.13. The highest BCUT2D eigenvalue weighted by Crippen LogP contribution is 2.26. The number of ether oxygens (including phenoxy) is 1. The van der Waals surface area contributed by atoms with Crippen LogP contribution in [-0.2, 0) is 20.1 Å². The second kappa shape index (κ2) is 5.23. The van der Waals surface area contributed by atoms with Crippen molar-refractivity contribution in [1.82, 2.24) is 9.78 Å². The number of rotatable bonds is 4. The number of halogens is 1. The number of hydrogen-bond acceptors (Lipinski definition) is 2. The summed E-state index contributed by atoms with van der Waals surface area (Å²) in [6.07, 6.45) is 4.69. The molecule has 0 aliphatic rings. The summed E-state index contributed by atoms with van der Waals surface area (Å²) in [5, 5.41) is 4.74. The summed E-state index contributed by atoms with van der Waals surface area (Å²) in [4.78, 5) is 0. The van der Waals surface area contributed by atoms with Crippen LogP contribution in [0.25, 0.3) is 0 Å². The van der Waals surface area contributed by atoms with E-state index in [0.29, 0.717) is 17.4 Å². The molecule has 0 N–H and O–H groups in total. The lowest BCUT2D eigenvalue weighted by molar-refractivity contribution is 0.306. The average Bonchev–Trinajstić information content (AvgIpc) is 2.73. The molecule has 0 saturated heterocycles. The van der Waals surface area contributed by atoms with E-state index in [2.05, 4.69) is 12.0 Å². The molecule has 0 amide bonds. The molecule has 1 heterocycles. The molecule has 0 unspecified atom stereocenters. The SMILES string of the molecule is CCc1ccc(OCc2cnn(C)c2)c(Cl)c1. The van der Waals surface area contributed by atoms with E-state index in [9.17, 15) is 0 Å². The zero-order chi connectivity index (χ0) is 12.3. The molecule has 2 aromatic rings. The van der Waals surface area contributed by atoms with Gasteiger partial charge in [0.2, 0.25) is 0 Å². The zero-order valence-corrected chi connectivity index (χ0v) is 10.7. The summed E-state index contributed by atoms with van der Waals surface area (Å²) in [5.74, 6) is 0.715. The highest BCUT2D eigenvalue weighted by Gasteiger charge is 2.03. The molecule has 0 bridgehead atoms. The minimum atomic E-state index is 0.485. The second-order valence-corrected chi connectivity index (χ2v) is 4.34. The molecule has 3 nitrogen and oxygen atoms in total. The van der Waals surface area contributed by atoms with Gasteiger partial charge in [0, 0.05) is 18.8 Å². The molecule has 0 atom stereocenters. The predicted molar refractivity (Wildman–Crippen MR) is 68.4 cm³/mol. The molecule has 4 heteroatoms. The van der Waals surface area contributed by atoms with Gasteiger partial charge in [0.05, 0.1) is 11.2 Å². The maximum Gasteiger partial charge on any atom is 0.138 e. The van der Waals surface area contributed by atoms with Gasteiger partial charge in [-0.15, -0.1) is 0 Å². The molecule has 0 fully saturated rings. The molecule has 0 aliphatic heterocycles. The van der Waals surface area contributed by atoms with Crippen molar-refractivity contribution in [2.45, 2.75) is 20.0 Å². The minimum absolute atomic E-state index is 0.485. The van der Waals surface area contributed by atoms with E-state index in [0.717, 1.165) is 12.0 Å². The molecule has 1 aromatic carbocycles. The van der Waals surface area contributed by atoms with Gasteiger partial charge in [-0.1, -0.05) is 24.6 Å². The molecular formula is C13H15ClN2O. The van der Waals surface area contributed by atoms with E-state index in [1.54, 1.807) is 10.9 Å². The summed E-state index contributed by atoms with van der Waals surface area (Å²) in [6, 6.07) is 5.89. The third-order valence-electron chi connectivity index (χ3n) is 2.56. The van der Waals surface area contributed by atoms with Crippen LogP contribution in [0.1, 0.15) is 18.1 Å². The number of hydrogen-bond donors (Lipinski definition) is 0. The average molecular weight is 251 g/mol. The minimum Gasteiger partial charge on any atom is -0.487 e. The van der Waals surface area contributed by atoms with Gasteiger partial charge < -0.3 is 4.74 Å². The van der Waals surface area contributed by atoms with Gasteiger partial charge >= 0.3 is 0 Å². The summed E-state index contributed by atoms with van der Waals surface area (Å²) in [7, 11) is 1.88. The Hall–Kier alpha value is -1.48. The van der Waals surface area contributed by atoms with Gasteiger partial charge in [0.1, 0.15) is 12.4 Å². The van der Waals surface area contributed by atoms with Gasteiger partial charge in [0.25, 0.3) is 0 Å². The van der Waals surface area contributed by atoms with Gasteiger partial charge in [-0.05, 0) is 24.1 Å². The lowest BCUT2D eigenvalue weighted by Crippen LogP contribution is -1.95. The van der Waals surface area contributed by atoms with Crippen molar-refractivity contribution in [3.05, 3.63) is 46.7 Å². The first kappa shape index (κ1) is 12.0. The van der Waals surface area contributed by atoms with E-state index in [-0.39, 0.29) is 0 Å². The Labute approximate surface area is 106 Å². The largest absolute Gasteiger partial charge is 0.487 e. The fraction of sp³-hybridized carbons (Fsp3) is 0.308. The maximum atomic E-state index is 6.13. The number of nitrogens with zero attached hydrogens (tertiary/aromatic N) is 2. The van der Waals surface area contributed by atoms with Crippen molar-refractivity contribution in [3.63, 3.8) is 0 Å². The molecule has 0 spiro atoms. The lowest BCUT2D eigenvalue weighted by Gasteiger charge is -2.07. The van der Waals surface area contributed by atoms with Gasteiger partial charge in [0.15, 0.2) is 0 Å². The van der Waals surface area contributed by atoms with Crippen LogP contribution in [0.4, 0.5) is 0 Å². The highest BCUT2D eigenvalue weighted by molar-refractivity contribution is 6.32. The number of aryl methyl sites for hydroxylation is 2. The Bertz CT molecular complexity index is 508. The molecule has 0 radical (unpaired) electrons. The summed E-state index contributed by atoms with van der Waals surface area (Å²) in [6.45, 7) is 2.58.